The van der Waals surface area contributed by atoms with Crippen LogP contribution in [-0.4, -0.2) is 54.1 Å². The normalized spacial score (nSPS) is 12.5. The Morgan fingerprint density at radius 3 is 2.50 bits per heavy atom. The lowest BCUT2D eigenvalue weighted by molar-refractivity contribution is -0.119. The quantitative estimate of drug-likeness (QED) is 0.715. The minimum absolute atomic E-state index is 0.0904. The minimum Gasteiger partial charge on any atom is -0.454 e. The van der Waals surface area contributed by atoms with Crippen LogP contribution in [0.25, 0.3) is 0 Å². The zero-order valence-electron chi connectivity index (χ0n) is 15.8. The molecule has 9 heteroatoms. The van der Waals surface area contributed by atoms with Crippen molar-refractivity contribution in [3.63, 3.8) is 0 Å². The SMILES string of the molecule is CN(CCNC(=O)CN(c1ccc2c(c1)OCO2)S(C)(=O)=O)c1ccccc1. The van der Waals surface area contributed by atoms with Crippen molar-refractivity contribution in [2.75, 3.05) is 48.9 Å². The first kappa shape index (κ1) is 19.8. The molecule has 150 valence electrons. The Kier molecular flexibility index (Phi) is 5.93. The number of nitrogens with zero attached hydrogens (tertiary/aromatic N) is 2. The fourth-order valence-electron chi connectivity index (χ4n) is 2.80. The average molecular weight is 405 g/mol. The van der Waals surface area contributed by atoms with Crippen molar-refractivity contribution in [3.05, 3.63) is 48.5 Å². The van der Waals surface area contributed by atoms with Crippen molar-refractivity contribution in [1.29, 1.82) is 0 Å². The number of amides is 1. The minimum atomic E-state index is -3.65. The Labute approximate surface area is 164 Å². The fraction of sp³-hybridized carbons (Fsp3) is 0.316. The van der Waals surface area contributed by atoms with E-state index < -0.39 is 10.0 Å². The van der Waals surface area contributed by atoms with E-state index in [1.54, 1.807) is 18.2 Å². The van der Waals surface area contributed by atoms with Gasteiger partial charge in [0.2, 0.25) is 22.7 Å². The summed E-state index contributed by atoms with van der Waals surface area (Å²) in [7, 11) is -1.72. The van der Waals surface area contributed by atoms with Crippen LogP contribution in [0.5, 0.6) is 11.5 Å². The van der Waals surface area contributed by atoms with Gasteiger partial charge in [0.05, 0.1) is 11.9 Å². The number of hydrogen-bond donors (Lipinski definition) is 1. The lowest BCUT2D eigenvalue weighted by Crippen LogP contribution is -2.42. The van der Waals surface area contributed by atoms with Gasteiger partial charge < -0.3 is 19.7 Å². The topological polar surface area (TPSA) is 88.2 Å². The van der Waals surface area contributed by atoms with Crippen molar-refractivity contribution in [2.45, 2.75) is 0 Å². The van der Waals surface area contributed by atoms with E-state index in [2.05, 4.69) is 5.32 Å². The van der Waals surface area contributed by atoms with Gasteiger partial charge in [0.25, 0.3) is 0 Å². The molecular formula is C19H23N3O5S. The van der Waals surface area contributed by atoms with Gasteiger partial charge >= 0.3 is 0 Å². The predicted octanol–water partition coefficient (Wildman–Crippen LogP) is 1.43. The van der Waals surface area contributed by atoms with Gasteiger partial charge in [-0.25, -0.2) is 8.42 Å². The molecule has 0 spiro atoms. The summed E-state index contributed by atoms with van der Waals surface area (Å²) in [6, 6.07) is 14.6. The summed E-state index contributed by atoms with van der Waals surface area (Å²) >= 11 is 0. The van der Waals surface area contributed by atoms with E-state index in [9.17, 15) is 13.2 Å². The summed E-state index contributed by atoms with van der Waals surface area (Å²) in [6.45, 7) is 0.766. The van der Waals surface area contributed by atoms with Crippen molar-refractivity contribution in [2.24, 2.45) is 0 Å². The van der Waals surface area contributed by atoms with Gasteiger partial charge in [-0.1, -0.05) is 18.2 Å². The number of fused-ring (bicyclic) bond motifs is 1. The molecule has 0 saturated carbocycles. The number of likely N-dealkylation sites (N-methyl/N-ethyl adjacent to an activating group) is 1. The van der Waals surface area contributed by atoms with Crippen LogP contribution in [0.2, 0.25) is 0 Å². The first-order valence-corrected chi connectivity index (χ1v) is 10.6. The first-order valence-electron chi connectivity index (χ1n) is 8.75. The Hall–Kier alpha value is -2.94. The Morgan fingerprint density at radius 2 is 1.79 bits per heavy atom. The van der Waals surface area contributed by atoms with Crippen LogP contribution in [0, 0.1) is 0 Å². The van der Waals surface area contributed by atoms with Crippen LogP contribution in [0.1, 0.15) is 0 Å². The molecule has 0 unspecified atom stereocenters. The first-order chi connectivity index (χ1) is 13.3. The fourth-order valence-corrected chi connectivity index (χ4v) is 3.65. The summed E-state index contributed by atoms with van der Waals surface area (Å²) in [5.41, 5.74) is 1.39. The molecule has 0 radical (unpaired) electrons. The number of para-hydroxylation sites is 1. The highest BCUT2D eigenvalue weighted by molar-refractivity contribution is 7.92. The maximum atomic E-state index is 12.3. The van der Waals surface area contributed by atoms with E-state index in [0.29, 0.717) is 30.3 Å². The largest absolute Gasteiger partial charge is 0.454 e. The van der Waals surface area contributed by atoms with Gasteiger partial charge in [-0.05, 0) is 24.3 Å². The highest BCUT2D eigenvalue weighted by Crippen LogP contribution is 2.36. The van der Waals surface area contributed by atoms with E-state index in [4.69, 9.17) is 9.47 Å². The number of rotatable bonds is 8. The maximum Gasteiger partial charge on any atom is 0.240 e. The Balaban J connectivity index is 1.59. The molecular weight excluding hydrogens is 382 g/mol. The second-order valence-electron chi connectivity index (χ2n) is 6.41. The number of carbonyl (C=O) groups excluding carboxylic acids is 1. The smallest absolute Gasteiger partial charge is 0.240 e. The van der Waals surface area contributed by atoms with E-state index in [1.165, 1.54) is 0 Å². The van der Waals surface area contributed by atoms with Crippen LogP contribution in [0.3, 0.4) is 0 Å². The van der Waals surface area contributed by atoms with Crippen LogP contribution in [-0.2, 0) is 14.8 Å². The van der Waals surface area contributed by atoms with E-state index in [0.717, 1.165) is 16.2 Å². The molecule has 1 aliphatic heterocycles. The molecule has 1 amide bonds. The molecule has 2 aromatic rings. The molecule has 0 fully saturated rings. The number of benzene rings is 2. The monoisotopic (exact) mass is 405 g/mol. The summed E-state index contributed by atoms with van der Waals surface area (Å²) in [5.74, 6) is 0.617. The van der Waals surface area contributed by atoms with Gasteiger partial charge in [-0.2, -0.15) is 0 Å². The van der Waals surface area contributed by atoms with Crippen LogP contribution < -0.4 is 24.0 Å². The zero-order chi connectivity index (χ0) is 20.1. The summed E-state index contributed by atoms with van der Waals surface area (Å²) in [6.07, 6.45) is 1.06. The third kappa shape index (κ3) is 4.86. The molecule has 3 rings (SSSR count). The molecule has 28 heavy (non-hydrogen) atoms. The van der Waals surface area contributed by atoms with Gasteiger partial charge in [0.15, 0.2) is 11.5 Å². The molecule has 0 aromatic heterocycles. The average Bonchev–Trinajstić information content (AvgIpc) is 3.13. The molecule has 0 aliphatic carbocycles. The predicted molar refractivity (Wildman–Crippen MR) is 107 cm³/mol. The summed E-state index contributed by atoms with van der Waals surface area (Å²) in [4.78, 5) is 14.3. The van der Waals surface area contributed by atoms with Crippen molar-refractivity contribution in [1.82, 2.24) is 5.32 Å². The lowest BCUT2D eigenvalue weighted by Gasteiger charge is -2.23. The summed E-state index contributed by atoms with van der Waals surface area (Å²) in [5, 5.41) is 2.77. The molecule has 1 N–H and O–H groups in total. The van der Waals surface area contributed by atoms with Gasteiger partial charge in [0, 0.05) is 31.9 Å². The standard InChI is InChI=1S/C19H23N3O5S/c1-21(15-6-4-3-5-7-15)11-10-20-19(23)13-22(28(2,24)25)16-8-9-17-18(12-16)27-14-26-17/h3-9,12H,10-11,13-14H2,1-2H3,(H,20,23). The van der Waals surface area contributed by atoms with Crippen molar-refractivity contribution >= 4 is 27.3 Å². The molecule has 8 nitrogen and oxygen atoms in total. The van der Waals surface area contributed by atoms with Crippen LogP contribution >= 0.6 is 0 Å². The second-order valence-corrected chi connectivity index (χ2v) is 8.32. The Bertz CT molecular complexity index is 934. The maximum absolute atomic E-state index is 12.3. The number of ether oxygens (including phenoxy) is 2. The number of nitrogens with one attached hydrogen (secondary N) is 1. The van der Waals surface area contributed by atoms with E-state index in [1.807, 2.05) is 42.3 Å². The van der Waals surface area contributed by atoms with Gasteiger partial charge in [-0.15, -0.1) is 0 Å². The molecule has 0 bridgehead atoms. The molecule has 0 saturated heterocycles. The highest BCUT2D eigenvalue weighted by atomic mass is 32.2. The number of anilines is 2. The number of sulfonamides is 1. The zero-order valence-corrected chi connectivity index (χ0v) is 16.6. The summed E-state index contributed by atoms with van der Waals surface area (Å²) < 4.78 is 36.0. The Morgan fingerprint density at radius 1 is 1.07 bits per heavy atom. The van der Waals surface area contributed by atoms with E-state index >= 15 is 0 Å². The number of carbonyl (C=O) groups is 1. The van der Waals surface area contributed by atoms with E-state index in [-0.39, 0.29) is 19.2 Å². The van der Waals surface area contributed by atoms with Crippen molar-refractivity contribution in [3.8, 4) is 11.5 Å². The third-order valence-corrected chi connectivity index (χ3v) is 5.44. The lowest BCUT2D eigenvalue weighted by atomic mass is 10.2. The molecule has 1 heterocycles. The van der Waals surface area contributed by atoms with Crippen LogP contribution in [0.4, 0.5) is 11.4 Å². The molecule has 1 aliphatic rings. The van der Waals surface area contributed by atoms with Gasteiger partial charge in [0.1, 0.15) is 6.54 Å². The van der Waals surface area contributed by atoms with Gasteiger partial charge in [-0.3, -0.25) is 9.10 Å². The van der Waals surface area contributed by atoms with Crippen molar-refractivity contribution < 1.29 is 22.7 Å². The number of hydrogen-bond acceptors (Lipinski definition) is 6. The highest BCUT2D eigenvalue weighted by Gasteiger charge is 2.23. The van der Waals surface area contributed by atoms with Crippen LogP contribution in [0.15, 0.2) is 48.5 Å². The third-order valence-electron chi connectivity index (χ3n) is 4.30. The molecule has 0 atom stereocenters. The second kappa shape index (κ2) is 8.39. The molecule has 2 aromatic carbocycles.